The summed E-state index contributed by atoms with van der Waals surface area (Å²) < 4.78 is 0. The lowest BCUT2D eigenvalue weighted by molar-refractivity contribution is 0.0696. The molecule has 2 rings (SSSR count). The van der Waals surface area contributed by atoms with Gasteiger partial charge in [-0.25, -0.2) is 9.59 Å². The molecule has 0 aliphatic rings. The molecule has 0 saturated heterocycles. The summed E-state index contributed by atoms with van der Waals surface area (Å²) in [5.41, 5.74) is 1.20. The average molecular weight is 291 g/mol. The summed E-state index contributed by atoms with van der Waals surface area (Å²) in [4.78, 5) is 22.5. The molecule has 0 atom stereocenters. The minimum atomic E-state index is -1.17. The van der Waals surface area contributed by atoms with Crippen molar-refractivity contribution in [1.29, 1.82) is 0 Å². The molecule has 0 saturated carbocycles. The Hall–Kier alpha value is -2.33. The van der Waals surface area contributed by atoms with Crippen molar-refractivity contribution in [2.75, 3.05) is 0 Å². The van der Waals surface area contributed by atoms with E-state index in [1.165, 1.54) is 19.1 Å². The van der Waals surface area contributed by atoms with Crippen LogP contribution in [0.25, 0.3) is 11.1 Å². The summed E-state index contributed by atoms with van der Waals surface area (Å²) >= 11 is 6.07. The highest BCUT2D eigenvalue weighted by Crippen LogP contribution is 2.30. The van der Waals surface area contributed by atoms with Crippen LogP contribution in [0.1, 0.15) is 26.3 Å². The molecular formula is C15H11ClO4. The summed E-state index contributed by atoms with van der Waals surface area (Å²) in [7, 11) is 0. The smallest absolute Gasteiger partial charge is 0.335 e. The first kappa shape index (κ1) is 14.1. The van der Waals surface area contributed by atoms with E-state index < -0.39 is 11.9 Å². The van der Waals surface area contributed by atoms with Gasteiger partial charge in [-0.05, 0) is 36.2 Å². The van der Waals surface area contributed by atoms with Gasteiger partial charge in [0.1, 0.15) is 0 Å². The highest BCUT2D eigenvalue weighted by Gasteiger charge is 2.18. The van der Waals surface area contributed by atoms with Gasteiger partial charge in [0.05, 0.1) is 11.1 Å². The monoisotopic (exact) mass is 290 g/mol. The molecule has 0 heterocycles. The Balaban J connectivity index is 2.75. The fourth-order valence-corrected chi connectivity index (χ4v) is 2.25. The Morgan fingerprint density at radius 1 is 1.00 bits per heavy atom. The van der Waals surface area contributed by atoms with Gasteiger partial charge in [0.2, 0.25) is 0 Å². The van der Waals surface area contributed by atoms with Crippen molar-refractivity contribution in [1.82, 2.24) is 0 Å². The standard InChI is InChI=1S/C15H11ClO4/c1-8-11(14(17)18)6-9(7-12(8)15(19)20)10-4-2-3-5-13(10)16/h2-7H,1H3,(H,17,18)(H,19,20). The molecule has 0 spiro atoms. The van der Waals surface area contributed by atoms with Gasteiger partial charge in [-0.1, -0.05) is 29.8 Å². The van der Waals surface area contributed by atoms with Crippen molar-refractivity contribution < 1.29 is 19.8 Å². The van der Waals surface area contributed by atoms with E-state index in [0.29, 0.717) is 16.1 Å². The predicted octanol–water partition coefficient (Wildman–Crippen LogP) is 3.71. The molecule has 0 radical (unpaired) electrons. The SMILES string of the molecule is Cc1c(C(=O)O)cc(-c2ccccc2Cl)cc1C(=O)O. The van der Waals surface area contributed by atoms with Crippen LogP contribution < -0.4 is 0 Å². The van der Waals surface area contributed by atoms with E-state index in [2.05, 4.69) is 0 Å². The number of rotatable bonds is 3. The van der Waals surface area contributed by atoms with Gasteiger partial charge in [-0.15, -0.1) is 0 Å². The van der Waals surface area contributed by atoms with Crippen molar-refractivity contribution >= 4 is 23.5 Å². The minimum absolute atomic E-state index is 0.0418. The van der Waals surface area contributed by atoms with Gasteiger partial charge in [0, 0.05) is 10.6 Å². The molecule has 0 amide bonds. The number of benzene rings is 2. The van der Waals surface area contributed by atoms with Crippen LogP contribution >= 0.6 is 11.6 Å². The molecular weight excluding hydrogens is 280 g/mol. The van der Waals surface area contributed by atoms with E-state index in [9.17, 15) is 19.8 Å². The third-order valence-electron chi connectivity index (χ3n) is 3.05. The van der Waals surface area contributed by atoms with E-state index in [-0.39, 0.29) is 16.7 Å². The maximum absolute atomic E-state index is 11.2. The van der Waals surface area contributed by atoms with E-state index >= 15 is 0 Å². The largest absolute Gasteiger partial charge is 0.478 e. The summed E-state index contributed by atoms with van der Waals surface area (Å²) in [5.74, 6) is -2.34. The van der Waals surface area contributed by atoms with Crippen LogP contribution in [0.5, 0.6) is 0 Å². The topological polar surface area (TPSA) is 74.6 Å². The Kier molecular flexibility index (Phi) is 3.77. The normalized spacial score (nSPS) is 10.3. The second kappa shape index (κ2) is 5.35. The predicted molar refractivity (Wildman–Crippen MR) is 75.5 cm³/mol. The average Bonchev–Trinajstić information content (AvgIpc) is 2.39. The molecule has 0 aliphatic carbocycles. The van der Waals surface area contributed by atoms with E-state index in [1.54, 1.807) is 24.3 Å². The van der Waals surface area contributed by atoms with E-state index in [1.807, 2.05) is 0 Å². The van der Waals surface area contributed by atoms with Crippen LogP contribution in [0.3, 0.4) is 0 Å². The Morgan fingerprint density at radius 2 is 1.50 bits per heavy atom. The first-order valence-corrected chi connectivity index (χ1v) is 6.15. The van der Waals surface area contributed by atoms with Gasteiger partial charge in [0.25, 0.3) is 0 Å². The zero-order valence-electron chi connectivity index (χ0n) is 10.6. The van der Waals surface area contributed by atoms with Crippen molar-refractivity contribution in [3.8, 4) is 11.1 Å². The van der Waals surface area contributed by atoms with Gasteiger partial charge in [0.15, 0.2) is 0 Å². The number of aromatic carboxylic acids is 2. The van der Waals surface area contributed by atoms with Gasteiger partial charge in [-0.2, -0.15) is 0 Å². The number of halogens is 1. The number of carbonyl (C=O) groups is 2. The Labute approximate surface area is 120 Å². The molecule has 5 heteroatoms. The summed E-state index contributed by atoms with van der Waals surface area (Å²) in [6, 6.07) is 9.75. The fraction of sp³-hybridized carbons (Fsp3) is 0.0667. The second-order valence-corrected chi connectivity index (χ2v) is 4.69. The van der Waals surface area contributed by atoms with Gasteiger partial charge in [-0.3, -0.25) is 0 Å². The van der Waals surface area contributed by atoms with Crippen LogP contribution in [0.4, 0.5) is 0 Å². The molecule has 0 bridgehead atoms. The van der Waals surface area contributed by atoms with Crippen molar-refractivity contribution in [3.63, 3.8) is 0 Å². The number of hydrogen-bond acceptors (Lipinski definition) is 2. The Bertz CT molecular complexity index is 672. The summed E-state index contributed by atoms with van der Waals surface area (Å²) in [6.45, 7) is 1.48. The number of carboxylic acids is 2. The van der Waals surface area contributed by atoms with Crippen molar-refractivity contribution in [3.05, 3.63) is 58.1 Å². The molecule has 0 fully saturated rings. The molecule has 20 heavy (non-hydrogen) atoms. The molecule has 0 unspecified atom stereocenters. The molecule has 102 valence electrons. The fourth-order valence-electron chi connectivity index (χ4n) is 2.01. The third-order valence-corrected chi connectivity index (χ3v) is 3.38. The quantitative estimate of drug-likeness (QED) is 0.903. The lowest BCUT2D eigenvalue weighted by Gasteiger charge is -2.11. The zero-order chi connectivity index (χ0) is 14.9. The molecule has 0 aromatic heterocycles. The van der Waals surface area contributed by atoms with E-state index in [0.717, 1.165) is 0 Å². The highest BCUT2D eigenvalue weighted by molar-refractivity contribution is 6.33. The number of hydrogen-bond donors (Lipinski definition) is 2. The van der Waals surface area contributed by atoms with Crippen LogP contribution in [0.2, 0.25) is 5.02 Å². The molecule has 2 N–H and O–H groups in total. The van der Waals surface area contributed by atoms with Crippen molar-refractivity contribution in [2.24, 2.45) is 0 Å². The molecule has 4 nitrogen and oxygen atoms in total. The maximum atomic E-state index is 11.2. The maximum Gasteiger partial charge on any atom is 0.335 e. The van der Waals surface area contributed by atoms with Crippen LogP contribution in [-0.4, -0.2) is 22.2 Å². The minimum Gasteiger partial charge on any atom is -0.478 e. The van der Waals surface area contributed by atoms with Crippen LogP contribution in [0.15, 0.2) is 36.4 Å². The summed E-state index contributed by atoms with van der Waals surface area (Å²) in [5, 5.41) is 18.8. The second-order valence-electron chi connectivity index (χ2n) is 4.29. The Morgan fingerprint density at radius 3 is 1.95 bits per heavy atom. The lowest BCUT2D eigenvalue weighted by Crippen LogP contribution is -2.07. The summed E-state index contributed by atoms with van der Waals surface area (Å²) in [6.07, 6.45) is 0. The van der Waals surface area contributed by atoms with Crippen molar-refractivity contribution in [2.45, 2.75) is 6.92 Å². The van der Waals surface area contributed by atoms with Gasteiger partial charge < -0.3 is 10.2 Å². The third kappa shape index (κ3) is 2.51. The molecule has 0 aliphatic heterocycles. The highest BCUT2D eigenvalue weighted by atomic mass is 35.5. The van der Waals surface area contributed by atoms with E-state index in [4.69, 9.17) is 11.6 Å². The first-order chi connectivity index (χ1) is 9.41. The first-order valence-electron chi connectivity index (χ1n) is 5.78. The lowest BCUT2D eigenvalue weighted by atomic mass is 9.95. The molecule has 2 aromatic rings. The van der Waals surface area contributed by atoms with Crippen LogP contribution in [0, 0.1) is 6.92 Å². The number of carboxylic acid groups (broad SMARTS) is 2. The zero-order valence-corrected chi connectivity index (χ0v) is 11.3. The molecule has 2 aromatic carbocycles. The van der Waals surface area contributed by atoms with Gasteiger partial charge >= 0.3 is 11.9 Å². The van der Waals surface area contributed by atoms with Crippen LogP contribution in [-0.2, 0) is 0 Å².